The molecular formula is C16H42N6O7S2. The van der Waals surface area contributed by atoms with Gasteiger partial charge in [-0.2, -0.15) is 13.1 Å². The quantitative estimate of drug-likeness (QED) is 0.265. The number of methoxy groups -OCH3 is 1. The van der Waals surface area contributed by atoms with Gasteiger partial charge in [0.2, 0.25) is 15.9 Å². The Bertz CT molecular complexity index is 650. The van der Waals surface area contributed by atoms with Crippen molar-refractivity contribution >= 4 is 26.2 Å². The molecule has 0 heterocycles. The lowest BCUT2D eigenvalue weighted by atomic mass is 10.7. The first-order valence-corrected chi connectivity index (χ1v) is 11.7. The molecule has 0 aromatic heterocycles. The smallest absolute Gasteiger partial charge is 0.335 e. The molecule has 0 spiro atoms. The zero-order valence-electron chi connectivity index (χ0n) is 20.5. The second kappa shape index (κ2) is 24.2. The first-order chi connectivity index (χ1) is 13.9. The van der Waals surface area contributed by atoms with E-state index in [0.717, 1.165) is 19.2 Å². The predicted molar refractivity (Wildman–Crippen MR) is 126 cm³/mol. The van der Waals surface area contributed by atoms with Crippen molar-refractivity contribution in [1.29, 1.82) is 0 Å². The highest BCUT2D eigenvalue weighted by atomic mass is 32.2. The maximum Gasteiger partial charge on any atom is 0.335 e. The van der Waals surface area contributed by atoms with Gasteiger partial charge in [0.1, 0.15) is 0 Å². The van der Waals surface area contributed by atoms with Crippen molar-refractivity contribution in [2.45, 2.75) is 6.92 Å². The fourth-order valence-corrected chi connectivity index (χ4v) is 0.576. The van der Waals surface area contributed by atoms with Gasteiger partial charge >= 0.3 is 10.3 Å². The molecule has 0 unspecified atom stereocenters. The van der Waals surface area contributed by atoms with Gasteiger partial charge in [0, 0.05) is 49.2 Å². The molecule has 0 radical (unpaired) electrons. The molecule has 5 N–H and O–H groups in total. The Morgan fingerprint density at radius 2 is 1.19 bits per heavy atom. The SMILES string of the molecule is C=C(NC)N(C)C.C=C(NC)OC.CNC(C)=O.CNS(=O)(=O)OC.CNS(C)(=O)=O. The van der Waals surface area contributed by atoms with Crippen LogP contribution in [-0.2, 0) is 34.0 Å². The van der Waals surface area contributed by atoms with E-state index in [0.29, 0.717) is 5.88 Å². The van der Waals surface area contributed by atoms with Gasteiger partial charge in [-0.25, -0.2) is 13.1 Å². The Morgan fingerprint density at radius 1 is 0.839 bits per heavy atom. The van der Waals surface area contributed by atoms with Crippen molar-refractivity contribution < 1.29 is 30.6 Å². The largest absolute Gasteiger partial charge is 0.483 e. The van der Waals surface area contributed by atoms with Crippen molar-refractivity contribution in [2.24, 2.45) is 0 Å². The normalized spacial score (nSPS) is 9.13. The van der Waals surface area contributed by atoms with E-state index < -0.39 is 20.3 Å². The fraction of sp³-hybridized carbons (Fsp3) is 0.688. The number of nitrogens with one attached hydrogen (secondary N) is 5. The number of hydrogen-bond donors (Lipinski definition) is 5. The summed E-state index contributed by atoms with van der Waals surface area (Å²) in [5.41, 5.74) is 0. The van der Waals surface area contributed by atoms with E-state index in [9.17, 15) is 21.6 Å². The molecule has 0 aliphatic rings. The lowest BCUT2D eigenvalue weighted by Gasteiger charge is -2.13. The van der Waals surface area contributed by atoms with Crippen molar-refractivity contribution in [3.63, 3.8) is 0 Å². The van der Waals surface area contributed by atoms with Crippen LogP contribution in [0.3, 0.4) is 0 Å². The van der Waals surface area contributed by atoms with Crippen LogP contribution in [0.5, 0.6) is 0 Å². The molecule has 15 heteroatoms. The first-order valence-electron chi connectivity index (χ1n) is 8.45. The second-order valence-corrected chi connectivity index (χ2v) is 8.68. The minimum Gasteiger partial charge on any atom is -0.483 e. The number of ether oxygens (including phenoxy) is 1. The van der Waals surface area contributed by atoms with E-state index in [2.05, 4.69) is 42.8 Å². The lowest BCUT2D eigenvalue weighted by Crippen LogP contribution is -2.20. The highest BCUT2D eigenvalue weighted by Gasteiger charge is 1.98. The molecular weight excluding hydrogens is 452 g/mol. The number of hydrogen-bond acceptors (Lipinski definition) is 10. The standard InChI is InChI=1S/C5H12N2.C4H9NO.C3H7NO.C2H7NO3S.C2H7NO2S/c1-5(6-2)7(3)4;1-4(5-2)6-3;1-3(5)4-2;1-3-7(4,5)6-2;1-3-6(2,4)5/h6H,1H2,2-4H3;5H,1H2,2-3H3;1-2H3,(H,4,5);3H,1-2H3;3H,1-2H3. The number of carbonyl (C=O) groups excluding carboxylic acids is 1. The molecule has 0 aromatic carbocycles. The molecule has 0 aromatic rings. The summed E-state index contributed by atoms with van der Waals surface area (Å²) in [6.45, 7) is 8.62. The van der Waals surface area contributed by atoms with Crippen LogP contribution in [0, 0.1) is 0 Å². The zero-order chi connectivity index (χ0) is 26.3. The molecule has 1 amide bonds. The molecule has 0 rings (SSSR count). The van der Waals surface area contributed by atoms with E-state index in [1.54, 1.807) is 21.2 Å². The van der Waals surface area contributed by atoms with Gasteiger partial charge in [-0.15, -0.1) is 0 Å². The summed E-state index contributed by atoms with van der Waals surface area (Å²) >= 11 is 0. The predicted octanol–water partition coefficient (Wildman–Crippen LogP) is -1.42. The molecule has 13 nitrogen and oxygen atoms in total. The molecule has 0 saturated carbocycles. The van der Waals surface area contributed by atoms with Gasteiger partial charge in [-0.3, -0.25) is 8.98 Å². The minimum atomic E-state index is -3.41. The van der Waals surface area contributed by atoms with Crippen LogP contribution in [0.15, 0.2) is 24.9 Å². The third-order valence-corrected chi connectivity index (χ3v) is 4.23. The maximum absolute atomic E-state index is 10.0. The van der Waals surface area contributed by atoms with Gasteiger partial charge in [0.05, 0.1) is 26.3 Å². The monoisotopic (exact) mass is 494 g/mol. The van der Waals surface area contributed by atoms with E-state index >= 15 is 0 Å². The Hall–Kier alpha value is -2.07. The van der Waals surface area contributed by atoms with E-state index in [4.69, 9.17) is 0 Å². The third kappa shape index (κ3) is 52.4. The Kier molecular flexibility index (Phi) is 30.8. The summed E-state index contributed by atoms with van der Waals surface area (Å²) in [5.74, 6) is 1.53. The number of nitrogens with zero attached hydrogens (tertiary/aromatic N) is 1. The van der Waals surface area contributed by atoms with Crippen molar-refractivity contribution in [3.8, 4) is 0 Å². The van der Waals surface area contributed by atoms with Crippen LogP contribution >= 0.6 is 0 Å². The van der Waals surface area contributed by atoms with E-state index in [1.807, 2.05) is 30.8 Å². The average Bonchev–Trinajstić information content (AvgIpc) is 2.73. The fourth-order valence-electron chi connectivity index (χ4n) is 0.409. The zero-order valence-corrected chi connectivity index (χ0v) is 22.2. The average molecular weight is 495 g/mol. The Morgan fingerprint density at radius 3 is 1.19 bits per heavy atom. The summed E-state index contributed by atoms with van der Waals surface area (Å²) in [6, 6.07) is 0. The van der Waals surface area contributed by atoms with Gasteiger partial charge in [0.25, 0.3) is 0 Å². The molecule has 0 aliphatic carbocycles. The van der Waals surface area contributed by atoms with Crippen LogP contribution in [0.1, 0.15) is 6.92 Å². The van der Waals surface area contributed by atoms with Crippen LogP contribution < -0.4 is 25.4 Å². The van der Waals surface area contributed by atoms with Crippen LogP contribution in [-0.4, -0.2) is 97.5 Å². The van der Waals surface area contributed by atoms with E-state index in [-0.39, 0.29) is 5.91 Å². The molecule has 0 bridgehead atoms. The molecule has 0 aliphatic heterocycles. The van der Waals surface area contributed by atoms with Crippen LogP contribution in [0.25, 0.3) is 0 Å². The summed E-state index contributed by atoms with van der Waals surface area (Å²) in [5, 5.41) is 7.98. The molecule has 0 fully saturated rings. The second-order valence-electron chi connectivity index (χ2n) is 5.08. The van der Waals surface area contributed by atoms with Crippen molar-refractivity contribution in [2.75, 3.05) is 69.8 Å². The molecule has 0 atom stereocenters. The topological polar surface area (TPSA) is 167 Å². The first kappa shape index (κ1) is 39.4. The highest BCUT2D eigenvalue weighted by molar-refractivity contribution is 7.88. The molecule has 31 heavy (non-hydrogen) atoms. The third-order valence-electron chi connectivity index (χ3n) is 2.55. The minimum absolute atomic E-state index is 0.00463. The van der Waals surface area contributed by atoms with Crippen molar-refractivity contribution in [1.82, 2.24) is 30.3 Å². The van der Waals surface area contributed by atoms with Crippen molar-refractivity contribution in [3.05, 3.63) is 24.9 Å². The number of amides is 1. The number of rotatable bonds is 7. The summed E-state index contributed by atoms with van der Waals surface area (Å²) in [6.07, 6.45) is 1.10. The molecule has 190 valence electrons. The summed E-state index contributed by atoms with van der Waals surface area (Å²) < 4.78 is 52.4. The molecule has 0 saturated heterocycles. The lowest BCUT2D eigenvalue weighted by molar-refractivity contribution is -0.118. The Balaban J connectivity index is -0.0000000913. The van der Waals surface area contributed by atoms with Gasteiger partial charge in [0.15, 0.2) is 5.88 Å². The number of sulfonamides is 1. The highest BCUT2D eigenvalue weighted by Crippen LogP contribution is 1.82. The summed E-state index contributed by atoms with van der Waals surface area (Å²) in [7, 11) is 8.08. The van der Waals surface area contributed by atoms with Crippen LogP contribution in [0.4, 0.5) is 0 Å². The number of carbonyl (C=O) groups is 1. The van der Waals surface area contributed by atoms with Crippen LogP contribution in [0.2, 0.25) is 0 Å². The van der Waals surface area contributed by atoms with E-state index in [1.165, 1.54) is 21.0 Å². The maximum atomic E-state index is 10.0. The Labute approximate surface area is 188 Å². The van der Waals surface area contributed by atoms with Gasteiger partial charge in [-0.05, 0) is 13.6 Å². The van der Waals surface area contributed by atoms with Gasteiger partial charge in [-0.1, -0.05) is 6.58 Å². The van der Waals surface area contributed by atoms with Gasteiger partial charge < -0.3 is 25.6 Å². The summed E-state index contributed by atoms with van der Waals surface area (Å²) in [4.78, 5) is 11.6.